The molecule has 1 saturated carbocycles. The molecule has 7 nitrogen and oxygen atoms in total. The highest BCUT2D eigenvalue weighted by Gasteiger charge is 2.74. The Kier molecular flexibility index (Phi) is 8.01. The number of allylic oxidation sites excluding steroid dienone is 2. The van der Waals surface area contributed by atoms with Crippen LogP contribution >= 0.6 is 0 Å². The van der Waals surface area contributed by atoms with Crippen LogP contribution in [0.3, 0.4) is 0 Å². The first-order chi connectivity index (χ1) is 20.5. The summed E-state index contributed by atoms with van der Waals surface area (Å²) in [6.45, 7) is 14.4. The minimum atomic E-state index is -2.62. The van der Waals surface area contributed by atoms with E-state index < -0.39 is 62.9 Å². The van der Waals surface area contributed by atoms with Gasteiger partial charge in [-0.3, -0.25) is 14.4 Å². The zero-order chi connectivity index (χ0) is 32.7. The smallest absolute Gasteiger partial charge is 0.209 e. The molecule has 240 valence electrons. The lowest BCUT2D eigenvalue weighted by Gasteiger charge is -2.64. The molecule has 1 aromatic rings. The highest BCUT2D eigenvalue weighted by atomic mass is 16.3. The SMILES string of the molecule is CCCC1CCC(Cc2ccc3c(c2O)C(=O)C2=C(O)[C@@]4(O)C(=O)C(C(C)=O)=C(O)C(C(C)C)[C@@]4(C)[C@H](C)[C@@]2(C)[C@@H]3C)CC1. The van der Waals surface area contributed by atoms with Crippen molar-refractivity contribution in [2.75, 3.05) is 0 Å². The van der Waals surface area contributed by atoms with Gasteiger partial charge in [0.15, 0.2) is 17.2 Å². The highest BCUT2D eigenvalue weighted by Crippen LogP contribution is 2.70. The second-order valence-electron chi connectivity index (χ2n) is 15.1. The van der Waals surface area contributed by atoms with Gasteiger partial charge < -0.3 is 20.4 Å². The molecule has 0 radical (unpaired) electrons. The van der Waals surface area contributed by atoms with Crippen LogP contribution in [0.2, 0.25) is 0 Å². The van der Waals surface area contributed by atoms with Crippen LogP contribution in [0.15, 0.2) is 34.8 Å². The van der Waals surface area contributed by atoms with Crippen molar-refractivity contribution in [3.8, 4) is 5.75 Å². The summed E-state index contributed by atoms with van der Waals surface area (Å²) >= 11 is 0. The number of aromatic hydroxyl groups is 1. The molecule has 7 heteroatoms. The Morgan fingerprint density at radius 1 is 1.00 bits per heavy atom. The summed E-state index contributed by atoms with van der Waals surface area (Å²) in [4.78, 5) is 41.2. The first kappa shape index (κ1) is 32.5. The van der Waals surface area contributed by atoms with Crippen molar-refractivity contribution in [3.63, 3.8) is 0 Å². The molecule has 4 aliphatic carbocycles. The summed E-state index contributed by atoms with van der Waals surface area (Å²) in [5, 5.41) is 47.5. The van der Waals surface area contributed by atoms with Crippen molar-refractivity contribution in [1.82, 2.24) is 0 Å². The van der Waals surface area contributed by atoms with Gasteiger partial charge in [-0.25, -0.2) is 0 Å². The molecule has 4 N–H and O–H groups in total. The zero-order valence-electron chi connectivity index (χ0n) is 27.6. The molecule has 1 unspecified atom stereocenters. The first-order valence-corrected chi connectivity index (χ1v) is 16.6. The number of carbonyl (C=O) groups excluding carboxylic acids is 3. The van der Waals surface area contributed by atoms with E-state index in [1.165, 1.54) is 25.7 Å². The number of phenols is 1. The van der Waals surface area contributed by atoms with Gasteiger partial charge in [-0.05, 0) is 66.9 Å². The summed E-state index contributed by atoms with van der Waals surface area (Å²) in [6.07, 6.45) is 7.59. The van der Waals surface area contributed by atoms with Crippen LogP contribution < -0.4 is 0 Å². The van der Waals surface area contributed by atoms with Crippen LogP contribution in [0.4, 0.5) is 0 Å². The van der Waals surface area contributed by atoms with Crippen molar-refractivity contribution in [2.45, 2.75) is 112 Å². The minimum Gasteiger partial charge on any atom is -0.511 e. The number of rotatable bonds is 6. The van der Waals surface area contributed by atoms with Crippen LogP contribution in [-0.4, -0.2) is 43.4 Å². The van der Waals surface area contributed by atoms with E-state index >= 15 is 0 Å². The van der Waals surface area contributed by atoms with E-state index in [-0.39, 0.29) is 28.6 Å². The molecular formula is C37H50O7. The fraction of sp³-hybridized carbons (Fsp3) is 0.649. The van der Waals surface area contributed by atoms with Gasteiger partial charge in [0.2, 0.25) is 5.78 Å². The number of carbonyl (C=O) groups is 3. The van der Waals surface area contributed by atoms with Crippen LogP contribution in [0.5, 0.6) is 5.75 Å². The van der Waals surface area contributed by atoms with Crippen molar-refractivity contribution >= 4 is 17.3 Å². The van der Waals surface area contributed by atoms with E-state index in [0.29, 0.717) is 23.5 Å². The molecule has 1 fully saturated rings. The maximum Gasteiger partial charge on any atom is 0.209 e. The lowest BCUT2D eigenvalue weighted by Crippen LogP contribution is -2.71. The van der Waals surface area contributed by atoms with Gasteiger partial charge >= 0.3 is 0 Å². The predicted molar refractivity (Wildman–Crippen MR) is 169 cm³/mol. The van der Waals surface area contributed by atoms with Gasteiger partial charge in [-0.15, -0.1) is 0 Å². The van der Waals surface area contributed by atoms with Crippen molar-refractivity contribution in [3.05, 3.63) is 51.5 Å². The molecule has 4 aliphatic rings. The minimum absolute atomic E-state index is 0.0950. The summed E-state index contributed by atoms with van der Waals surface area (Å²) in [5.41, 5.74) is -4.33. The summed E-state index contributed by atoms with van der Waals surface area (Å²) < 4.78 is 0. The van der Waals surface area contributed by atoms with Gasteiger partial charge in [-0.1, -0.05) is 86.3 Å². The molecule has 5 rings (SSSR count). The Morgan fingerprint density at radius 3 is 2.14 bits per heavy atom. The van der Waals surface area contributed by atoms with Gasteiger partial charge in [0.25, 0.3) is 0 Å². The predicted octanol–water partition coefficient (Wildman–Crippen LogP) is 7.30. The summed E-state index contributed by atoms with van der Waals surface area (Å²) in [5.74, 6) is -4.68. The average molecular weight is 607 g/mol. The molecule has 0 aromatic heterocycles. The maximum absolute atomic E-state index is 14.5. The number of hydrogen-bond acceptors (Lipinski definition) is 7. The lowest BCUT2D eigenvalue weighted by molar-refractivity contribution is -0.189. The number of aliphatic hydroxyl groups is 3. The number of aliphatic hydroxyl groups excluding tert-OH is 2. The summed E-state index contributed by atoms with van der Waals surface area (Å²) in [6, 6.07) is 3.84. The van der Waals surface area contributed by atoms with Crippen molar-refractivity contribution in [1.29, 1.82) is 0 Å². The second-order valence-corrected chi connectivity index (χ2v) is 15.1. The molecular weight excluding hydrogens is 556 g/mol. The number of phenolic OH excluding ortho intramolecular Hbond substituents is 1. The Balaban J connectivity index is 1.67. The molecule has 0 spiro atoms. The van der Waals surface area contributed by atoms with E-state index in [0.717, 1.165) is 25.7 Å². The lowest BCUT2D eigenvalue weighted by atomic mass is 9.39. The average Bonchev–Trinajstić information content (AvgIpc) is 2.95. The molecule has 0 aliphatic heterocycles. The number of hydrogen-bond donors (Lipinski definition) is 4. The van der Waals surface area contributed by atoms with Gasteiger partial charge in [0, 0.05) is 22.3 Å². The van der Waals surface area contributed by atoms with Crippen LogP contribution in [-0.2, 0) is 16.0 Å². The number of benzene rings is 1. The first-order valence-electron chi connectivity index (χ1n) is 16.6. The van der Waals surface area contributed by atoms with E-state index in [9.17, 15) is 34.8 Å². The molecule has 0 heterocycles. The third kappa shape index (κ3) is 4.06. The van der Waals surface area contributed by atoms with Crippen molar-refractivity contribution < 1.29 is 34.8 Å². The highest BCUT2D eigenvalue weighted by molar-refractivity contribution is 6.25. The molecule has 6 atom stereocenters. The Morgan fingerprint density at radius 2 is 1.59 bits per heavy atom. The van der Waals surface area contributed by atoms with Gasteiger partial charge in [0.1, 0.15) is 22.8 Å². The van der Waals surface area contributed by atoms with Crippen molar-refractivity contribution in [2.24, 2.45) is 40.4 Å². The molecule has 0 bridgehead atoms. The fourth-order valence-electron chi connectivity index (χ4n) is 10.0. The molecule has 0 amide bonds. The van der Waals surface area contributed by atoms with Crippen LogP contribution in [0.25, 0.3) is 0 Å². The fourth-order valence-corrected chi connectivity index (χ4v) is 10.0. The topological polar surface area (TPSA) is 132 Å². The third-order valence-corrected chi connectivity index (χ3v) is 12.8. The van der Waals surface area contributed by atoms with E-state index in [1.54, 1.807) is 6.92 Å². The van der Waals surface area contributed by atoms with E-state index in [1.807, 2.05) is 46.8 Å². The molecule has 1 aromatic carbocycles. The Labute approximate surface area is 261 Å². The zero-order valence-corrected chi connectivity index (χ0v) is 27.6. The molecule has 0 saturated heterocycles. The number of fused-ring (bicyclic) bond motifs is 3. The Bertz CT molecular complexity index is 1470. The summed E-state index contributed by atoms with van der Waals surface area (Å²) in [7, 11) is 0. The normalized spacial score (nSPS) is 37.2. The van der Waals surface area contributed by atoms with Gasteiger partial charge in [0.05, 0.1) is 5.56 Å². The molecule has 44 heavy (non-hydrogen) atoms. The van der Waals surface area contributed by atoms with E-state index in [2.05, 4.69) is 6.92 Å². The number of Topliss-reactive ketones (excluding diaryl/α,β-unsaturated/α-hetero) is 3. The quantitative estimate of drug-likeness (QED) is 0.250. The maximum atomic E-state index is 14.5. The van der Waals surface area contributed by atoms with Gasteiger partial charge in [-0.2, -0.15) is 0 Å². The third-order valence-electron chi connectivity index (χ3n) is 12.8. The largest absolute Gasteiger partial charge is 0.511 e. The van der Waals surface area contributed by atoms with Crippen LogP contribution in [0, 0.1) is 40.4 Å². The standard InChI is InChI=1S/C37H50O7/c1-9-10-22-11-13-23(14-12-22)17-24-15-16-25-19(4)35(7)21(6)36(8)28(18(2)3)31(40)26(20(5)38)33(42)37(36,44)34(43)29(35)32(41)27(25)30(24)39/h15-16,18-19,21-23,28,39-40,43-44H,9-14,17H2,1-8H3/t19-,21-,22?,23?,28?,35-,36-,37+/m1/s1. The monoisotopic (exact) mass is 606 g/mol. The van der Waals surface area contributed by atoms with E-state index in [4.69, 9.17) is 0 Å². The number of ketones is 3. The van der Waals surface area contributed by atoms with Crippen LogP contribution in [0.1, 0.15) is 121 Å². The Hall–Kier alpha value is -2.93. The second kappa shape index (κ2) is 10.9.